The van der Waals surface area contributed by atoms with Crippen LogP contribution in [0.15, 0.2) is 0 Å². The minimum Gasteiger partial charge on any atom is -0.323 e. The Kier molecular flexibility index (Phi) is 3.58. The van der Waals surface area contributed by atoms with Crippen molar-refractivity contribution in [2.45, 2.75) is 0 Å². The van der Waals surface area contributed by atoms with Gasteiger partial charge in [-0.15, -0.1) is 0 Å². The molecule has 4 nitrogen and oxygen atoms in total. The van der Waals surface area contributed by atoms with E-state index in [1.165, 1.54) is 0 Å². The third-order valence-corrected chi connectivity index (χ3v) is 2.09. The van der Waals surface area contributed by atoms with Crippen LogP contribution in [0.4, 0.5) is 0 Å². The third kappa shape index (κ3) is 8.30. The number of rotatable bonds is 3. The van der Waals surface area contributed by atoms with Gasteiger partial charge in [-0.2, -0.15) is 0 Å². The highest BCUT2D eigenvalue weighted by Crippen LogP contribution is 2.33. The van der Waals surface area contributed by atoms with Crippen LogP contribution in [0, 0.1) is 0 Å². The molecule has 0 fully saturated rings. The van der Waals surface area contributed by atoms with E-state index in [0.29, 0.717) is 0 Å². The molecule has 0 bridgehead atoms. The van der Waals surface area contributed by atoms with Gasteiger partial charge in [0.2, 0.25) is 11.3 Å². The molecular formula is C3H10NO3PS. The molecule has 0 amide bonds. The molecule has 0 aliphatic heterocycles. The van der Waals surface area contributed by atoms with E-state index in [1.807, 2.05) is 0 Å². The molecule has 1 unspecified atom stereocenters. The lowest BCUT2D eigenvalue weighted by Crippen LogP contribution is -2.16. The van der Waals surface area contributed by atoms with Crippen LogP contribution >= 0.6 is 7.14 Å². The van der Waals surface area contributed by atoms with Crippen LogP contribution in [-0.2, 0) is 15.8 Å². The molecule has 0 aromatic heterocycles. The van der Waals surface area contributed by atoms with E-state index in [-0.39, 0.29) is 6.29 Å². The van der Waals surface area contributed by atoms with E-state index in [2.05, 4.69) is 4.72 Å². The fourth-order valence-corrected chi connectivity index (χ4v) is 1.90. The lowest BCUT2D eigenvalue weighted by molar-refractivity contribution is 0.550. The summed E-state index contributed by atoms with van der Waals surface area (Å²) in [6.45, 7) is 3.10. The Morgan fingerprint density at radius 2 is 2.11 bits per heavy atom. The Balaban J connectivity index is 3.53. The maximum Gasteiger partial charge on any atom is 0.232 e. The van der Waals surface area contributed by atoms with Gasteiger partial charge in [-0.05, 0) is 13.3 Å². The van der Waals surface area contributed by atoms with Crippen molar-refractivity contribution < 1.29 is 13.3 Å². The van der Waals surface area contributed by atoms with Crippen molar-refractivity contribution in [3.05, 3.63) is 0 Å². The molecule has 0 spiro atoms. The quantitative estimate of drug-likeness (QED) is 0.474. The molecule has 0 aromatic rings. The molecule has 0 heterocycles. The van der Waals surface area contributed by atoms with Gasteiger partial charge in [0.05, 0.1) is 13.4 Å². The van der Waals surface area contributed by atoms with Gasteiger partial charge in [0.15, 0.2) is 0 Å². The first-order valence-corrected chi connectivity index (χ1v) is 6.19. The molecule has 9 heavy (non-hydrogen) atoms. The highest BCUT2D eigenvalue weighted by molar-refractivity contribution is 7.77. The first kappa shape index (κ1) is 9.30. The van der Waals surface area contributed by atoms with Crippen molar-refractivity contribution >= 4 is 18.4 Å². The second-order valence-corrected chi connectivity index (χ2v) is 6.38. The van der Waals surface area contributed by atoms with E-state index in [9.17, 15) is 8.77 Å². The van der Waals surface area contributed by atoms with E-state index < -0.39 is 18.4 Å². The van der Waals surface area contributed by atoms with Crippen LogP contribution in [0.1, 0.15) is 0 Å². The van der Waals surface area contributed by atoms with Crippen LogP contribution in [0.2, 0.25) is 0 Å². The van der Waals surface area contributed by atoms with Crippen molar-refractivity contribution in [3.8, 4) is 0 Å². The average Bonchev–Trinajstić information content (AvgIpc) is 1.59. The minimum absolute atomic E-state index is 0.107. The maximum absolute atomic E-state index is 10.8. The average molecular weight is 171 g/mol. The molecule has 0 aliphatic rings. The molecule has 0 saturated heterocycles. The fourth-order valence-electron chi connectivity index (χ4n) is 0.211. The number of nitrogens with one attached hydrogen (secondary N) is 1. The lowest BCUT2D eigenvalue weighted by atomic mass is 11.5. The molecule has 6 heteroatoms. The Hall–Kier alpha value is 0.300. The van der Waals surface area contributed by atoms with Crippen LogP contribution in [-0.4, -0.2) is 28.4 Å². The van der Waals surface area contributed by atoms with Crippen molar-refractivity contribution in [2.24, 2.45) is 0 Å². The van der Waals surface area contributed by atoms with Crippen LogP contribution in [0.5, 0.6) is 0 Å². The Bertz CT molecular complexity index is 153. The van der Waals surface area contributed by atoms with Gasteiger partial charge in [0.25, 0.3) is 0 Å². The molecule has 1 atom stereocenters. The van der Waals surface area contributed by atoms with E-state index in [0.717, 1.165) is 0 Å². The second kappa shape index (κ2) is 3.46. The predicted molar refractivity (Wildman–Crippen MR) is 38.2 cm³/mol. The van der Waals surface area contributed by atoms with Gasteiger partial charge in [-0.1, -0.05) is 0 Å². The minimum atomic E-state index is -2.18. The summed E-state index contributed by atoms with van der Waals surface area (Å²) >= 11 is -2.03. The summed E-state index contributed by atoms with van der Waals surface area (Å²) < 4.78 is 31.0. The molecule has 0 saturated carbocycles. The monoisotopic (exact) mass is 171 g/mol. The summed E-state index contributed by atoms with van der Waals surface area (Å²) in [4.78, 5) is 0. The molecule has 0 aliphatic carbocycles. The van der Waals surface area contributed by atoms with Crippen LogP contribution < -0.4 is 4.72 Å². The molecule has 2 N–H and O–H groups in total. The lowest BCUT2D eigenvalue weighted by Gasteiger charge is -2.03. The summed E-state index contributed by atoms with van der Waals surface area (Å²) in [5.41, 5.74) is 0. The van der Waals surface area contributed by atoms with Crippen LogP contribution in [0.3, 0.4) is 0 Å². The summed E-state index contributed by atoms with van der Waals surface area (Å²) in [6, 6.07) is 0. The Morgan fingerprint density at radius 3 is 2.22 bits per heavy atom. The zero-order valence-corrected chi connectivity index (χ0v) is 7.04. The molecule has 0 aromatic carbocycles. The molecule has 56 valence electrons. The zero-order chi connectivity index (χ0) is 7.49. The fraction of sp³-hybridized carbons (Fsp3) is 1.00. The van der Waals surface area contributed by atoms with Gasteiger partial charge in [0, 0.05) is 0 Å². The third-order valence-electron chi connectivity index (χ3n) is 0.569. The summed E-state index contributed by atoms with van der Waals surface area (Å²) in [7, 11) is -2.18. The highest BCUT2D eigenvalue weighted by atomic mass is 32.2. The standard InChI is InChI=1S/C3H10NO3PS/c1-8(2,5)3-4-9(6)7/h4H,3H2,1-2H3,(H,6,7). The van der Waals surface area contributed by atoms with Crippen molar-refractivity contribution in [2.75, 3.05) is 19.6 Å². The van der Waals surface area contributed by atoms with Gasteiger partial charge in [-0.3, -0.25) is 4.55 Å². The SMILES string of the molecule is CP(C)(=O)CNS(=O)O. The first-order valence-electron chi connectivity index (χ1n) is 2.30. The van der Waals surface area contributed by atoms with E-state index >= 15 is 0 Å². The predicted octanol–water partition coefficient (Wildman–Crippen LogP) is 0.293. The first-order chi connectivity index (χ1) is 3.92. The van der Waals surface area contributed by atoms with Crippen molar-refractivity contribution in [1.29, 1.82) is 0 Å². The van der Waals surface area contributed by atoms with Gasteiger partial charge in [-0.25, -0.2) is 8.93 Å². The van der Waals surface area contributed by atoms with Gasteiger partial charge < -0.3 is 4.57 Å². The maximum atomic E-state index is 10.8. The molecule has 0 rings (SSSR count). The topological polar surface area (TPSA) is 66.4 Å². The van der Waals surface area contributed by atoms with Crippen LogP contribution in [0.25, 0.3) is 0 Å². The summed E-state index contributed by atoms with van der Waals surface area (Å²) in [5, 5.41) is 0. The molecule has 0 radical (unpaired) electrons. The number of hydrogen-bond acceptors (Lipinski definition) is 2. The van der Waals surface area contributed by atoms with Crippen molar-refractivity contribution in [3.63, 3.8) is 0 Å². The smallest absolute Gasteiger partial charge is 0.232 e. The van der Waals surface area contributed by atoms with Crippen molar-refractivity contribution in [1.82, 2.24) is 4.72 Å². The highest BCUT2D eigenvalue weighted by Gasteiger charge is 2.06. The normalized spacial score (nSPS) is 15.4. The Labute approximate surface area is 56.8 Å². The molecular weight excluding hydrogens is 161 g/mol. The van der Waals surface area contributed by atoms with E-state index in [1.54, 1.807) is 13.3 Å². The van der Waals surface area contributed by atoms with E-state index in [4.69, 9.17) is 4.55 Å². The largest absolute Gasteiger partial charge is 0.323 e. The Morgan fingerprint density at radius 1 is 1.67 bits per heavy atom. The van der Waals surface area contributed by atoms with Gasteiger partial charge >= 0.3 is 0 Å². The zero-order valence-electron chi connectivity index (χ0n) is 5.33. The number of hydrogen-bond donors (Lipinski definition) is 2. The second-order valence-electron chi connectivity index (χ2n) is 2.13. The summed E-state index contributed by atoms with van der Waals surface area (Å²) in [5.74, 6) is 0. The van der Waals surface area contributed by atoms with Gasteiger partial charge in [0.1, 0.15) is 0 Å². The summed E-state index contributed by atoms with van der Waals surface area (Å²) in [6.07, 6.45) is 0.107.